The molecule has 0 saturated heterocycles. The van der Waals surface area contributed by atoms with Gasteiger partial charge >= 0.3 is 5.97 Å². The zero-order chi connectivity index (χ0) is 26.1. The van der Waals surface area contributed by atoms with Gasteiger partial charge in [0.15, 0.2) is 0 Å². The summed E-state index contributed by atoms with van der Waals surface area (Å²) in [5.74, 6) is -0.473. The van der Waals surface area contributed by atoms with Gasteiger partial charge in [0.2, 0.25) is 0 Å². The number of alkyl halides is 1. The molecule has 186 valence electrons. The van der Waals surface area contributed by atoms with Crippen LogP contribution in [0.15, 0.2) is 36.4 Å². The fourth-order valence-electron chi connectivity index (χ4n) is 4.18. The predicted octanol–water partition coefficient (Wildman–Crippen LogP) is 7.05. The monoisotopic (exact) mass is 587 g/mol. The molecule has 0 unspecified atom stereocenters. The first-order chi connectivity index (χ1) is 17.2. The number of aromatic nitrogens is 2. The molecule has 0 spiro atoms. The van der Waals surface area contributed by atoms with Gasteiger partial charge in [-0.05, 0) is 45.0 Å². The summed E-state index contributed by atoms with van der Waals surface area (Å²) in [5, 5.41) is 3.01. The number of fused-ring (bicyclic) bond motifs is 3. The van der Waals surface area contributed by atoms with Crippen molar-refractivity contribution in [1.82, 2.24) is 14.9 Å². The lowest BCUT2D eigenvalue weighted by atomic mass is 10.1. The molecule has 4 aromatic rings. The van der Waals surface area contributed by atoms with E-state index in [9.17, 15) is 9.59 Å². The molecule has 0 radical (unpaired) electrons. The van der Waals surface area contributed by atoms with Crippen LogP contribution >= 0.6 is 39.1 Å². The number of rotatable bonds is 3. The molecule has 0 aliphatic carbocycles. The third-order valence-corrected chi connectivity index (χ3v) is 7.36. The molecule has 2 aromatic carbocycles. The number of hydrogen-bond acceptors (Lipinski definition) is 5. The summed E-state index contributed by atoms with van der Waals surface area (Å²) in [6, 6.07) is 11.7. The zero-order valence-electron chi connectivity index (χ0n) is 20.3. The van der Waals surface area contributed by atoms with E-state index in [2.05, 4.69) is 25.9 Å². The van der Waals surface area contributed by atoms with Crippen molar-refractivity contribution in [3.63, 3.8) is 0 Å². The number of nitrogens with zero attached hydrogens (tertiary/aromatic N) is 3. The number of hydrogen-bond donors (Lipinski definition) is 0. The summed E-state index contributed by atoms with van der Waals surface area (Å²) in [4.78, 5) is 34.7. The normalized spacial score (nSPS) is 12.5. The second-order valence-corrected chi connectivity index (χ2v) is 9.80. The molecule has 0 saturated carbocycles. The number of ether oxygens (including phenoxy) is 1. The van der Waals surface area contributed by atoms with Gasteiger partial charge in [-0.2, -0.15) is 0 Å². The summed E-state index contributed by atoms with van der Waals surface area (Å²) in [5.41, 5.74) is 6.09. The van der Waals surface area contributed by atoms with Crippen LogP contribution in [-0.2, 0) is 16.6 Å². The molecular weight excluding hydrogens is 565 g/mol. The molecule has 2 aromatic heterocycles. The van der Waals surface area contributed by atoms with E-state index in [1.807, 2.05) is 57.2 Å². The van der Waals surface area contributed by atoms with Crippen LogP contribution in [0.2, 0.25) is 10.0 Å². The van der Waals surface area contributed by atoms with E-state index in [4.69, 9.17) is 27.9 Å². The molecular formula is C27H24BrCl2N3O3. The Labute approximate surface area is 227 Å². The Hall–Kier alpha value is -2.74. The molecule has 6 nitrogen and oxygen atoms in total. The average molecular weight is 589 g/mol. The molecule has 5 rings (SSSR count). The number of aryl methyl sites for hydroxylation is 2. The minimum absolute atomic E-state index is 0.00611. The standard InChI is InChI=1S/C14H13ClN2O.C13H11BrClNO2/c1-3-17-7-11-12(14(17)18)13(15)9-6-8(2)4-5-10(9)16-11;1-7-3-4-9-8(5-7)12(15)11(13(17)18-2)10(6-14)16-9/h4-6H,3,7H2,1-2H3;3-5H,6H2,1-2H3. The molecule has 9 heteroatoms. The van der Waals surface area contributed by atoms with E-state index in [-0.39, 0.29) is 5.91 Å². The van der Waals surface area contributed by atoms with E-state index in [0.717, 1.165) is 38.6 Å². The van der Waals surface area contributed by atoms with E-state index < -0.39 is 5.97 Å². The molecule has 0 N–H and O–H groups in total. The Morgan fingerprint density at radius 1 is 1.03 bits per heavy atom. The van der Waals surface area contributed by atoms with Crippen LogP contribution in [0.1, 0.15) is 50.2 Å². The van der Waals surface area contributed by atoms with Gasteiger partial charge in [-0.25, -0.2) is 9.78 Å². The van der Waals surface area contributed by atoms with Crippen LogP contribution < -0.4 is 0 Å². The van der Waals surface area contributed by atoms with Gasteiger partial charge in [0.25, 0.3) is 5.91 Å². The van der Waals surface area contributed by atoms with Crippen LogP contribution in [0.3, 0.4) is 0 Å². The van der Waals surface area contributed by atoms with Crippen LogP contribution in [0.5, 0.6) is 0 Å². The summed E-state index contributed by atoms with van der Waals surface area (Å²) >= 11 is 16.0. The lowest BCUT2D eigenvalue weighted by Crippen LogP contribution is -2.23. The topological polar surface area (TPSA) is 72.4 Å². The number of halogens is 3. The van der Waals surface area contributed by atoms with Gasteiger partial charge in [-0.15, -0.1) is 0 Å². The number of pyridine rings is 2. The van der Waals surface area contributed by atoms with Crippen molar-refractivity contribution in [2.45, 2.75) is 32.6 Å². The largest absolute Gasteiger partial charge is 0.465 e. The van der Waals surface area contributed by atoms with Crippen LogP contribution in [-0.4, -0.2) is 40.4 Å². The minimum atomic E-state index is -0.467. The molecule has 0 bridgehead atoms. The van der Waals surface area contributed by atoms with Gasteiger partial charge in [-0.3, -0.25) is 9.78 Å². The second kappa shape index (κ2) is 10.7. The van der Waals surface area contributed by atoms with E-state index >= 15 is 0 Å². The van der Waals surface area contributed by atoms with Crippen molar-refractivity contribution < 1.29 is 14.3 Å². The number of esters is 1. The highest BCUT2D eigenvalue weighted by Gasteiger charge is 2.31. The summed E-state index contributed by atoms with van der Waals surface area (Å²) in [6.07, 6.45) is 0. The number of methoxy groups -OCH3 is 1. The number of benzene rings is 2. The zero-order valence-corrected chi connectivity index (χ0v) is 23.4. The first kappa shape index (κ1) is 26.3. The predicted molar refractivity (Wildman–Crippen MR) is 147 cm³/mol. The molecule has 3 heterocycles. The fraction of sp³-hybridized carbons (Fsp3) is 0.259. The van der Waals surface area contributed by atoms with Crippen molar-refractivity contribution in [3.05, 3.63) is 80.1 Å². The first-order valence-electron chi connectivity index (χ1n) is 11.3. The van der Waals surface area contributed by atoms with Gasteiger partial charge in [0, 0.05) is 22.6 Å². The van der Waals surface area contributed by atoms with Gasteiger partial charge in [-0.1, -0.05) is 62.4 Å². The van der Waals surface area contributed by atoms with Crippen molar-refractivity contribution in [2.24, 2.45) is 0 Å². The van der Waals surface area contributed by atoms with Gasteiger partial charge in [0.1, 0.15) is 5.56 Å². The third kappa shape index (κ3) is 4.80. The second-order valence-electron chi connectivity index (χ2n) is 8.48. The molecule has 36 heavy (non-hydrogen) atoms. The maximum absolute atomic E-state index is 12.2. The first-order valence-corrected chi connectivity index (χ1v) is 13.2. The Kier molecular flexibility index (Phi) is 7.83. The molecule has 1 amide bonds. The highest BCUT2D eigenvalue weighted by molar-refractivity contribution is 9.08. The number of carbonyl (C=O) groups is 2. The minimum Gasteiger partial charge on any atom is -0.465 e. The van der Waals surface area contributed by atoms with E-state index in [0.29, 0.717) is 45.3 Å². The summed E-state index contributed by atoms with van der Waals surface area (Å²) in [7, 11) is 1.33. The van der Waals surface area contributed by atoms with Crippen LogP contribution in [0.4, 0.5) is 0 Å². The molecule has 0 fully saturated rings. The lowest BCUT2D eigenvalue weighted by molar-refractivity contribution is 0.0599. The van der Waals surface area contributed by atoms with E-state index in [1.54, 1.807) is 4.90 Å². The Morgan fingerprint density at radius 2 is 1.61 bits per heavy atom. The van der Waals surface area contributed by atoms with Crippen LogP contribution in [0, 0.1) is 13.8 Å². The fourth-order valence-corrected chi connectivity index (χ4v) is 5.26. The summed E-state index contributed by atoms with van der Waals surface area (Å²) in [6.45, 7) is 7.17. The van der Waals surface area contributed by atoms with Crippen molar-refractivity contribution in [3.8, 4) is 0 Å². The van der Waals surface area contributed by atoms with Crippen LogP contribution in [0.25, 0.3) is 21.8 Å². The van der Waals surface area contributed by atoms with Crippen molar-refractivity contribution in [1.29, 1.82) is 0 Å². The molecule has 1 aliphatic heterocycles. The number of carbonyl (C=O) groups excluding carboxylic acids is 2. The lowest BCUT2D eigenvalue weighted by Gasteiger charge is -2.10. The van der Waals surface area contributed by atoms with Gasteiger partial charge < -0.3 is 9.64 Å². The highest BCUT2D eigenvalue weighted by atomic mass is 79.9. The van der Waals surface area contributed by atoms with Crippen molar-refractivity contribution in [2.75, 3.05) is 13.7 Å². The Bertz CT molecular complexity index is 1520. The smallest absolute Gasteiger partial charge is 0.341 e. The van der Waals surface area contributed by atoms with E-state index in [1.165, 1.54) is 7.11 Å². The summed E-state index contributed by atoms with van der Waals surface area (Å²) < 4.78 is 4.75. The number of amides is 1. The van der Waals surface area contributed by atoms with Crippen molar-refractivity contribution >= 4 is 72.8 Å². The molecule has 1 aliphatic rings. The molecule has 0 atom stereocenters. The Balaban J connectivity index is 0.000000169. The highest BCUT2D eigenvalue weighted by Crippen LogP contribution is 2.34. The maximum Gasteiger partial charge on any atom is 0.341 e. The maximum atomic E-state index is 12.2. The Morgan fingerprint density at radius 3 is 2.17 bits per heavy atom. The SMILES string of the molecule is CCN1Cc2nc3ccc(C)cc3c(Cl)c2C1=O.COC(=O)c1c(CBr)nc2ccc(C)cc2c1Cl. The third-order valence-electron chi connectivity index (χ3n) is 6.04. The quantitative estimate of drug-likeness (QED) is 0.189. The average Bonchev–Trinajstić information content (AvgIpc) is 3.20. The van der Waals surface area contributed by atoms with Gasteiger partial charge in [0.05, 0.1) is 51.7 Å².